The number of ether oxygens (including phenoxy) is 1. The van der Waals surface area contributed by atoms with Crippen LogP contribution in [-0.4, -0.2) is 47.2 Å². The fourth-order valence-electron chi connectivity index (χ4n) is 4.05. The summed E-state index contributed by atoms with van der Waals surface area (Å²) in [5.74, 6) is -1.63. The number of hydrogen-bond acceptors (Lipinski definition) is 4. The Hall–Kier alpha value is -2.14. The van der Waals surface area contributed by atoms with Crippen molar-refractivity contribution in [3.63, 3.8) is 0 Å². The Morgan fingerprint density at radius 3 is 2.05 bits per heavy atom. The predicted molar refractivity (Wildman–Crippen MR) is 170 cm³/mol. The molecule has 1 aromatic rings. The fourth-order valence-corrected chi connectivity index (χ4v) is 4.05. The topological polar surface area (TPSA) is 52.9 Å². The highest BCUT2D eigenvalue weighted by molar-refractivity contribution is 5.30. The van der Waals surface area contributed by atoms with Gasteiger partial charge in [-0.2, -0.15) is 0 Å². The van der Waals surface area contributed by atoms with Crippen LogP contribution in [0, 0.1) is 0 Å². The summed E-state index contributed by atoms with van der Waals surface area (Å²) in [6.45, 7) is 18.6. The summed E-state index contributed by atoms with van der Waals surface area (Å²) >= 11 is 0. The Balaban J connectivity index is 0.000000858. The summed E-state index contributed by atoms with van der Waals surface area (Å²) in [5, 5.41) is 20.4. The van der Waals surface area contributed by atoms with Gasteiger partial charge in [0, 0.05) is 25.9 Å². The molecule has 4 nitrogen and oxygen atoms in total. The number of methoxy groups -OCH3 is 1. The molecule has 2 N–H and O–H groups in total. The highest BCUT2D eigenvalue weighted by Gasteiger charge is 2.34. The molecule has 39 heavy (non-hydrogen) atoms. The van der Waals surface area contributed by atoms with Gasteiger partial charge >= 0.3 is 0 Å². The Morgan fingerprint density at radius 1 is 0.923 bits per heavy atom. The number of rotatable bonds is 14. The van der Waals surface area contributed by atoms with Crippen molar-refractivity contribution in [1.29, 1.82) is 0 Å². The quantitative estimate of drug-likeness (QED) is 0.141. The van der Waals surface area contributed by atoms with E-state index < -0.39 is 11.9 Å². The Kier molecular flexibility index (Phi) is 20.5. The molecule has 222 valence electrons. The highest BCUT2D eigenvalue weighted by atomic mass is 16.6. The van der Waals surface area contributed by atoms with Crippen LogP contribution in [0.5, 0.6) is 0 Å². The van der Waals surface area contributed by atoms with Gasteiger partial charge in [-0.25, -0.2) is 0 Å². The summed E-state index contributed by atoms with van der Waals surface area (Å²) in [4.78, 5) is 2.26. The van der Waals surface area contributed by atoms with E-state index in [0.29, 0.717) is 0 Å². The lowest BCUT2D eigenvalue weighted by molar-refractivity contribution is -0.196. The van der Waals surface area contributed by atoms with Crippen molar-refractivity contribution < 1.29 is 14.9 Å². The summed E-state index contributed by atoms with van der Waals surface area (Å²) in [7, 11) is 1.39. The van der Waals surface area contributed by atoms with E-state index in [1.54, 1.807) is 6.08 Å². The summed E-state index contributed by atoms with van der Waals surface area (Å²) in [6, 6.07) is 9.00. The van der Waals surface area contributed by atoms with Crippen LogP contribution in [0.25, 0.3) is 0 Å². The molecule has 0 heterocycles. The van der Waals surface area contributed by atoms with E-state index in [0.717, 1.165) is 31.6 Å². The van der Waals surface area contributed by atoms with E-state index in [4.69, 9.17) is 4.74 Å². The third-order valence-corrected chi connectivity index (χ3v) is 6.61. The number of allylic oxidation sites excluding steroid dienone is 4. The monoisotopic (exact) mass is 541 g/mol. The Labute approximate surface area is 241 Å². The lowest BCUT2D eigenvalue weighted by Gasteiger charge is -2.34. The molecule has 2 unspecified atom stereocenters. The zero-order chi connectivity index (χ0) is 29.7. The first-order chi connectivity index (χ1) is 18.7. The molecule has 0 spiro atoms. The van der Waals surface area contributed by atoms with Crippen molar-refractivity contribution in [2.45, 2.75) is 119 Å². The second-order valence-electron chi connectivity index (χ2n) is 10.3. The zero-order valence-corrected chi connectivity index (χ0v) is 26.6. The summed E-state index contributed by atoms with van der Waals surface area (Å²) < 4.78 is 5.01. The highest BCUT2D eigenvalue weighted by Crippen LogP contribution is 2.25. The Morgan fingerprint density at radius 2 is 1.54 bits per heavy atom. The molecule has 0 aliphatic heterocycles. The third-order valence-electron chi connectivity index (χ3n) is 6.61. The van der Waals surface area contributed by atoms with Crippen LogP contribution in [0.4, 0.5) is 0 Å². The van der Waals surface area contributed by atoms with Gasteiger partial charge < -0.3 is 19.8 Å². The van der Waals surface area contributed by atoms with E-state index >= 15 is 0 Å². The maximum absolute atomic E-state index is 10.2. The fraction of sp³-hybridized carbons (Fsp3) is 0.600. The Bertz CT molecular complexity index is 878. The van der Waals surface area contributed by atoms with Gasteiger partial charge in [0.1, 0.15) is 6.10 Å². The van der Waals surface area contributed by atoms with E-state index in [2.05, 4.69) is 82.9 Å². The zero-order valence-electron chi connectivity index (χ0n) is 26.6. The van der Waals surface area contributed by atoms with Crippen molar-refractivity contribution in [2.24, 2.45) is 0 Å². The van der Waals surface area contributed by atoms with E-state index in [9.17, 15) is 10.2 Å². The number of nitrogens with zero attached hydrogens (tertiary/aromatic N) is 1. The van der Waals surface area contributed by atoms with Gasteiger partial charge in [-0.15, -0.1) is 0 Å². The van der Waals surface area contributed by atoms with E-state index in [1.165, 1.54) is 74.0 Å². The third kappa shape index (κ3) is 15.3. The van der Waals surface area contributed by atoms with Crippen LogP contribution in [-0.2, 0) is 17.6 Å². The first kappa shape index (κ1) is 36.9. The number of aryl methyl sites for hydroxylation is 2. The normalized spacial score (nSPS) is 18.3. The predicted octanol–water partition coefficient (Wildman–Crippen LogP) is 8.55. The lowest BCUT2D eigenvalue weighted by Crippen LogP contribution is -2.44. The van der Waals surface area contributed by atoms with Crippen LogP contribution in [0.1, 0.15) is 105 Å². The molecule has 0 saturated heterocycles. The van der Waals surface area contributed by atoms with Gasteiger partial charge in [-0.3, -0.25) is 0 Å². The van der Waals surface area contributed by atoms with Crippen molar-refractivity contribution in [2.75, 3.05) is 20.2 Å². The van der Waals surface area contributed by atoms with Gasteiger partial charge in [0.15, 0.2) is 0 Å². The molecule has 0 amide bonds. The molecule has 1 aromatic carbocycles. The van der Waals surface area contributed by atoms with Crippen molar-refractivity contribution in [3.05, 3.63) is 82.6 Å². The van der Waals surface area contributed by atoms with E-state index in [1.807, 2.05) is 19.9 Å². The smallest absolute Gasteiger partial charge is 0.216 e. The second kappa shape index (κ2) is 21.7. The summed E-state index contributed by atoms with van der Waals surface area (Å²) in [6.07, 6.45) is 18.0. The molecule has 1 aliphatic rings. The molecule has 0 aromatic heterocycles. The number of benzene rings is 1. The maximum atomic E-state index is 10.2. The van der Waals surface area contributed by atoms with Gasteiger partial charge in [0.05, 0.1) is 0 Å². The molecule has 2 rings (SSSR count). The van der Waals surface area contributed by atoms with Crippen LogP contribution >= 0.6 is 0 Å². The van der Waals surface area contributed by atoms with Gasteiger partial charge in [-0.1, -0.05) is 108 Å². The van der Waals surface area contributed by atoms with Crippen molar-refractivity contribution in [3.8, 4) is 0 Å². The van der Waals surface area contributed by atoms with Crippen LogP contribution in [0.15, 0.2) is 71.5 Å². The second-order valence-corrected chi connectivity index (χ2v) is 10.3. The molecular weight excluding hydrogens is 482 g/mol. The van der Waals surface area contributed by atoms with Crippen LogP contribution < -0.4 is 0 Å². The number of aliphatic hydroxyl groups is 2. The molecule has 0 radical (unpaired) electrons. The van der Waals surface area contributed by atoms with Crippen LogP contribution in [0.3, 0.4) is 0 Å². The average Bonchev–Trinajstić information content (AvgIpc) is 2.95. The van der Waals surface area contributed by atoms with E-state index in [-0.39, 0.29) is 0 Å². The minimum atomic E-state index is -1.63. The maximum Gasteiger partial charge on any atom is 0.216 e. The number of aliphatic hydroxyl groups excluding tert-OH is 1. The molecule has 0 bridgehead atoms. The van der Waals surface area contributed by atoms with Crippen molar-refractivity contribution in [1.82, 2.24) is 4.90 Å². The number of unbranched alkanes of at least 4 members (excludes halogenated alkanes) is 4. The first-order valence-electron chi connectivity index (χ1n) is 15.2. The van der Waals surface area contributed by atoms with Crippen molar-refractivity contribution >= 4 is 0 Å². The molecule has 2 atom stereocenters. The molecule has 4 heteroatoms. The standard InChI is InChI=1S/C21H35NO3.C12H18.C2H6/c1-6-7-8-9-14-22(16-18(4)11-10-17(2)3)19-12-13-21(24,25-5)20(23)15-19;1-3-5-6-12-9-7-11(4-2)8-10-12;1-2/h10-13,15,20,23-24H,6-9,14,16H2,1-5H3;7-10H,3-6H2,1-2H3;1-2H3/b18-11+;;. The molecular formula is C35H59NO3. The number of hydrogen-bond donors (Lipinski definition) is 2. The van der Waals surface area contributed by atoms with Gasteiger partial charge in [0.2, 0.25) is 5.79 Å². The minimum absolute atomic E-state index is 0.796. The SMILES string of the molecule is CC.CCCCCCN(C/C(C)=C/C=C(C)C)C1=CC(O)C(O)(OC)C=C1.CCCCc1ccc(CC)cc1. The average molecular weight is 542 g/mol. The van der Waals surface area contributed by atoms with Gasteiger partial charge in [0.25, 0.3) is 0 Å². The molecule has 0 saturated carbocycles. The molecule has 0 fully saturated rings. The first-order valence-corrected chi connectivity index (χ1v) is 15.2. The summed E-state index contributed by atoms with van der Waals surface area (Å²) in [5.41, 5.74) is 6.37. The molecule has 1 aliphatic carbocycles. The minimum Gasteiger partial charge on any atom is -0.383 e. The van der Waals surface area contributed by atoms with Crippen LogP contribution in [0.2, 0.25) is 0 Å². The van der Waals surface area contributed by atoms with Gasteiger partial charge in [-0.05, 0) is 75.8 Å². The lowest BCUT2D eigenvalue weighted by atomic mass is 10.0. The largest absolute Gasteiger partial charge is 0.383 e.